The van der Waals surface area contributed by atoms with Crippen LogP contribution < -0.4 is 5.73 Å². The molecule has 2 heterocycles. The maximum atomic E-state index is 7.23. The Kier molecular flexibility index (Phi) is 1.70. The molecule has 0 fully saturated rings. The Balaban J connectivity index is 2.70. The third kappa shape index (κ3) is 1.25. The van der Waals surface area contributed by atoms with Crippen LogP contribution in [0.4, 0.5) is 0 Å². The molecule has 3 N–H and O–H groups in total. The zero-order valence-corrected chi connectivity index (χ0v) is 7.42. The lowest BCUT2D eigenvalue weighted by atomic mass is 10.2. The number of halogens is 1. The summed E-state index contributed by atoms with van der Waals surface area (Å²) in [6, 6.07) is 3.53. The molecule has 4 nitrogen and oxygen atoms in total. The number of rotatable bonds is 1. The van der Waals surface area contributed by atoms with Crippen molar-refractivity contribution in [2.75, 3.05) is 0 Å². The second-order valence-electron chi connectivity index (χ2n) is 2.66. The van der Waals surface area contributed by atoms with E-state index in [-0.39, 0.29) is 5.84 Å². The van der Waals surface area contributed by atoms with Crippen molar-refractivity contribution in [3.63, 3.8) is 0 Å². The third-order valence-corrected chi connectivity index (χ3v) is 2.09. The molecule has 0 bridgehead atoms. The van der Waals surface area contributed by atoms with Crippen LogP contribution in [0, 0.1) is 5.41 Å². The minimum absolute atomic E-state index is 0.0340. The second-order valence-corrected chi connectivity index (χ2v) is 3.02. The Morgan fingerprint density at radius 2 is 2.31 bits per heavy atom. The zero-order valence-electron chi connectivity index (χ0n) is 6.66. The van der Waals surface area contributed by atoms with E-state index in [9.17, 15) is 0 Å². The molecule has 2 aromatic rings. The molecule has 0 aliphatic carbocycles. The highest BCUT2D eigenvalue weighted by Gasteiger charge is 2.02. The van der Waals surface area contributed by atoms with Gasteiger partial charge in [-0.1, -0.05) is 11.6 Å². The van der Waals surface area contributed by atoms with Crippen molar-refractivity contribution in [2.45, 2.75) is 0 Å². The number of nitrogens with one attached hydrogen (secondary N) is 1. The van der Waals surface area contributed by atoms with E-state index >= 15 is 0 Å². The van der Waals surface area contributed by atoms with Crippen molar-refractivity contribution in [3.8, 4) is 0 Å². The second kappa shape index (κ2) is 2.74. The van der Waals surface area contributed by atoms with Crippen molar-refractivity contribution < 1.29 is 0 Å². The molecule has 66 valence electrons. The molecule has 0 radical (unpaired) electrons. The molecular weight excluding hydrogens is 188 g/mol. The maximum absolute atomic E-state index is 7.23. The Morgan fingerprint density at radius 1 is 1.54 bits per heavy atom. The molecule has 13 heavy (non-hydrogen) atoms. The smallest absolute Gasteiger partial charge is 0.154 e. The predicted molar refractivity (Wildman–Crippen MR) is 51.2 cm³/mol. The van der Waals surface area contributed by atoms with Crippen LogP contribution in [0.25, 0.3) is 5.52 Å². The van der Waals surface area contributed by atoms with Gasteiger partial charge in [0.05, 0.1) is 5.52 Å². The summed E-state index contributed by atoms with van der Waals surface area (Å²) in [5, 5.41) is 7.68. The maximum Gasteiger partial charge on any atom is 0.154 e. The highest BCUT2D eigenvalue weighted by molar-refractivity contribution is 6.32. The molecule has 5 heteroatoms. The number of hydrogen-bond donors (Lipinski definition) is 2. The Bertz CT molecular complexity index is 474. The normalized spacial score (nSPS) is 10.5. The fraction of sp³-hybridized carbons (Fsp3) is 0. The van der Waals surface area contributed by atoms with Crippen molar-refractivity contribution >= 4 is 23.0 Å². The van der Waals surface area contributed by atoms with Crippen LogP contribution in [0.5, 0.6) is 0 Å². The van der Waals surface area contributed by atoms with Gasteiger partial charge in [0.25, 0.3) is 0 Å². The summed E-state index contributed by atoms with van der Waals surface area (Å²) in [6.07, 6.45) is 3.31. The number of nitrogen functional groups attached to an aromatic ring is 1. The summed E-state index contributed by atoms with van der Waals surface area (Å²) in [5.41, 5.74) is 6.79. The van der Waals surface area contributed by atoms with Gasteiger partial charge in [-0.05, 0) is 12.1 Å². The van der Waals surface area contributed by atoms with Gasteiger partial charge >= 0.3 is 0 Å². The Morgan fingerprint density at radius 3 is 3.00 bits per heavy atom. The van der Waals surface area contributed by atoms with Crippen LogP contribution in [0.1, 0.15) is 5.56 Å². The SMILES string of the molecule is N=C(N)c1ccc2c(Cl)ncn2c1. The van der Waals surface area contributed by atoms with Gasteiger partial charge in [0, 0.05) is 11.8 Å². The summed E-state index contributed by atoms with van der Waals surface area (Å²) in [4.78, 5) is 3.91. The molecule has 0 atom stereocenters. The quantitative estimate of drug-likeness (QED) is 0.530. The van der Waals surface area contributed by atoms with E-state index < -0.39 is 0 Å². The highest BCUT2D eigenvalue weighted by atomic mass is 35.5. The van der Waals surface area contributed by atoms with E-state index in [4.69, 9.17) is 22.7 Å². The van der Waals surface area contributed by atoms with Gasteiger partial charge in [0.2, 0.25) is 0 Å². The molecule has 0 aromatic carbocycles. The Hall–Kier alpha value is -1.55. The van der Waals surface area contributed by atoms with Gasteiger partial charge in [0.15, 0.2) is 5.15 Å². The number of hydrogen-bond acceptors (Lipinski definition) is 2. The molecule has 0 unspecified atom stereocenters. The van der Waals surface area contributed by atoms with E-state index in [0.717, 1.165) is 5.52 Å². The van der Waals surface area contributed by atoms with Crippen molar-refractivity contribution in [1.29, 1.82) is 5.41 Å². The molecule has 0 aliphatic rings. The van der Waals surface area contributed by atoms with Crippen LogP contribution in [0.2, 0.25) is 5.15 Å². The van der Waals surface area contributed by atoms with Crippen molar-refractivity contribution in [3.05, 3.63) is 35.4 Å². The van der Waals surface area contributed by atoms with Crippen LogP contribution in [0.15, 0.2) is 24.7 Å². The summed E-state index contributed by atoms with van der Waals surface area (Å²) in [6.45, 7) is 0. The van der Waals surface area contributed by atoms with Crippen LogP contribution >= 0.6 is 11.6 Å². The first kappa shape index (κ1) is 8.07. The Labute approximate surface area is 79.5 Å². The van der Waals surface area contributed by atoms with Gasteiger partial charge in [-0.15, -0.1) is 0 Å². The standard InChI is InChI=1S/C8H7ClN4/c9-7-6-2-1-5(8(10)11)3-13(6)4-12-7/h1-4H,(H3,10,11). The van der Waals surface area contributed by atoms with Gasteiger partial charge in [-0.2, -0.15) is 0 Å². The summed E-state index contributed by atoms with van der Waals surface area (Å²) < 4.78 is 1.74. The van der Waals surface area contributed by atoms with Gasteiger partial charge < -0.3 is 10.1 Å². The van der Waals surface area contributed by atoms with E-state index in [2.05, 4.69) is 4.98 Å². The molecular formula is C8H7ClN4. The lowest BCUT2D eigenvalue weighted by Gasteiger charge is -1.98. The first-order chi connectivity index (χ1) is 6.18. The van der Waals surface area contributed by atoms with Gasteiger partial charge in [0.1, 0.15) is 12.2 Å². The fourth-order valence-corrected chi connectivity index (χ4v) is 1.33. The van der Waals surface area contributed by atoms with E-state index in [0.29, 0.717) is 10.7 Å². The summed E-state index contributed by atoms with van der Waals surface area (Å²) in [5.74, 6) is 0.0340. The van der Waals surface area contributed by atoms with E-state index in [1.54, 1.807) is 29.1 Å². The minimum Gasteiger partial charge on any atom is -0.384 e. The lowest BCUT2D eigenvalue weighted by Crippen LogP contribution is -2.11. The lowest BCUT2D eigenvalue weighted by molar-refractivity contribution is 1.15. The van der Waals surface area contributed by atoms with Crippen LogP contribution in [0.3, 0.4) is 0 Å². The average Bonchev–Trinajstić information content (AvgIpc) is 2.47. The first-order valence-electron chi connectivity index (χ1n) is 3.65. The van der Waals surface area contributed by atoms with Crippen molar-refractivity contribution in [2.24, 2.45) is 5.73 Å². The third-order valence-electron chi connectivity index (χ3n) is 1.79. The van der Waals surface area contributed by atoms with Gasteiger partial charge in [-0.3, -0.25) is 5.41 Å². The molecule has 0 spiro atoms. The van der Waals surface area contributed by atoms with E-state index in [1.165, 1.54) is 0 Å². The number of nitrogens with two attached hydrogens (primary N) is 1. The summed E-state index contributed by atoms with van der Waals surface area (Å²) >= 11 is 5.79. The number of nitrogens with zero attached hydrogens (tertiary/aromatic N) is 2. The number of aromatic nitrogens is 2. The topological polar surface area (TPSA) is 67.2 Å². The molecule has 0 amide bonds. The minimum atomic E-state index is 0.0340. The predicted octanol–water partition coefficient (Wildman–Crippen LogP) is 1.27. The molecule has 0 saturated heterocycles. The first-order valence-corrected chi connectivity index (χ1v) is 4.03. The van der Waals surface area contributed by atoms with Crippen LogP contribution in [-0.2, 0) is 0 Å². The number of pyridine rings is 1. The fourth-order valence-electron chi connectivity index (χ4n) is 1.13. The molecule has 2 rings (SSSR count). The largest absolute Gasteiger partial charge is 0.384 e. The van der Waals surface area contributed by atoms with E-state index in [1.807, 2.05) is 0 Å². The molecule has 0 saturated carbocycles. The zero-order chi connectivity index (χ0) is 9.42. The number of fused-ring (bicyclic) bond motifs is 1. The van der Waals surface area contributed by atoms with Crippen LogP contribution in [-0.4, -0.2) is 15.2 Å². The van der Waals surface area contributed by atoms with Crippen molar-refractivity contribution in [1.82, 2.24) is 9.38 Å². The molecule has 0 aliphatic heterocycles. The summed E-state index contributed by atoms with van der Waals surface area (Å²) in [7, 11) is 0. The molecule has 2 aromatic heterocycles. The monoisotopic (exact) mass is 194 g/mol. The number of amidine groups is 1. The highest BCUT2D eigenvalue weighted by Crippen LogP contribution is 2.15. The number of imidazole rings is 1. The average molecular weight is 195 g/mol. The van der Waals surface area contributed by atoms with Gasteiger partial charge in [-0.25, -0.2) is 4.98 Å².